The Labute approximate surface area is 141 Å². The van der Waals surface area contributed by atoms with Crippen LogP contribution in [-0.4, -0.2) is 24.3 Å². The third-order valence-electron chi connectivity index (χ3n) is 6.23. The summed E-state index contributed by atoms with van der Waals surface area (Å²) in [6.07, 6.45) is 3.51. The summed E-state index contributed by atoms with van der Waals surface area (Å²) >= 11 is 0. The lowest BCUT2D eigenvalue weighted by atomic mass is 9.63. The van der Waals surface area contributed by atoms with Crippen LogP contribution in [0.25, 0.3) is 0 Å². The van der Waals surface area contributed by atoms with Crippen molar-refractivity contribution >= 4 is 5.97 Å². The first-order valence-corrected chi connectivity index (χ1v) is 8.95. The standard InChI is InChI=1S/C18H26F2O4/c1-10-6-7-13-8-14(10)16(22-11(2)21)9-12-4-3-5-15(23-19)17(12)18(13)24-20/h12-13,15-18H,3-9H2,1-2H3/t12?,13-,15-,16+,17-,18+/m1/s1. The molecular formula is C18H26F2O4. The molecule has 2 fully saturated rings. The SMILES string of the molecule is CC(=O)O[C@H]1CC2CCC[C@@H](OF)[C@@H]2[C@@H](OF)[C@@H]2CCC(C)=C1C2. The number of esters is 1. The van der Waals surface area contributed by atoms with E-state index in [-0.39, 0.29) is 29.8 Å². The van der Waals surface area contributed by atoms with Gasteiger partial charge in [0.25, 0.3) is 0 Å². The maximum absolute atomic E-state index is 13.5. The van der Waals surface area contributed by atoms with E-state index in [1.54, 1.807) is 0 Å². The minimum Gasteiger partial charge on any atom is -0.458 e. The van der Waals surface area contributed by atoms with E-state index in [4.69, 9.17) is 4.74 Å². The first-order valence-electron chi connectivity index (χ1n) is 8.95. The van der Waals surface area contributed by atoms with Crippen molar-refractivity contribution in [2.75, 3.05) is 0 Å². The Morgan fingerprint density at radius 3 is 2.58 bits per heavy atom. The van der Waals surface area contributed by atoms with Gasteiger partial charge in [-0.1, -0.05) is 12.0 Å². The number of hydrogen-bond acceptors (Lipinski definition) is 4. The van der Waals surface area contributed by atoms with Crippen LogP contribution in [0.4, 0.5) is 9.05 Å². The van der Waals surface area contributed by atoms with Crippen molar-refractivity contribution in [1.82, 2.24) is 0 Å². The molecule has 0 saturated heterocycles. The molecule has 2 saturated carbocycles. The number of rotatable bonds is 3. The van der Waals surface area contributed by atoms with Crippen molar-refractivity contribution in [3.63, 3.8) is 0 Å². The summed E-state index contributed by atoms with van der Waals surface area (Å²) < 4.78 is 32.2. The summed E-state index contributed by atoms with van der Waals surface area (Å²) in [7, 11) is 0. The third kappa shape index (κ3) is 3.36. The van der Waals surface area contributed by atoms with Gasteiger partial charge in [0.2, 0.25) is 0 Å². The zero-order valence-corrected chi connectivity index (χ0v) is 14.3. The number of hydrogen-bond donors (Lipinski definition) is 0. The Morgan fingerprint density at radius 1 is 1.12 bits per heavy atom. The van der Waals surface area contributed by atoms with Gasteiger partial charge in [-0.25, -0.2) is 0 Å². The number of fused-ring (bicyclic) bond motifs is 3. The number of halogens is 2. The summed E-state index contributed by atoms with van der Waals surface area (Å²) in [5.74, 6) is -0.660. The minimum absolute atomic E-state index is 0.0216. The van der Waals surface area contributed by atoms with E-state index < -0.39 is 12.2 Å². The Morgan fingerprint density at radius 2 is 1.92 bits per heavy atom. The molecule has 0 aromatic rings. The smallest absolute Gasteiger partial charge is 0.303 e. The minimum atomic E-state index is -0.655. The van der Waals surface area contributed by atoms with Crippen LogP contribution in [0.2, 0.25) is 0 Å². The van der Waals surface area contributed by atoms with Gasteiger partial charge in [-0.3, -0.25) is 4.79 Å². The molecule has 3 aliphatic carbocycles. The highest BCUT2D eigenvalue weighted by atomic mass is 19.3. The van der Waals surface area contributed by atoms with Crippen LogP contribution < -0.4 is 0 Å². The molecule has 3 rings (SSSR count). The molecule has 1 unspecified atom stereocenters. The molecule has 0 aromatic carbocycles. The lowest BCUT2D eigenvalue weighted by Crippen LogP contribution is -2.49. The van der Waals surface area contributed by atoms with Gasteiger partial charge in [0.1, 0.15) is 18.3 Å². The molecule has 0 spiro atoms. The van der Waals surface area contributed by atoms with Crippen LogP contribution in [0.3, 0.4) is 0 Å². The molecule has 136 valence electrons. The highest BCUT2D eigenvalue weighted by molar-refractivity contribution is 5.66. The van der Waals surface area contributed by atoms with E-state index in [9.17, 15) is 13.8 Å². The fourth-order valence-corrected chi connectivity index (χ4v) is 5.12. The lowest BCUT2D eigenvalue weighted by molar-refractivity contribution is -0.276. The molecule has 0 amide bonds. The first-order chi connectivity index (χ1) is 11.5. The van der Waals surface area contributed by atoms with Crippen molar-refractivity contribution < 1.29 is 28.5 Å². The van der Waals surface area contributed by atoms with E-state index in [2.05, 4.69) is 16.8 Å². The molecule has 0 aliphatic heterocycles. The van der Waals surface area contributed by atoms with Gasteiger partial charge < -0.3 is 4.74 Å². The second-order valence-corrected chi connectivity index (χ2v) is 7.59. The van der Waals surface area contributed by atoms with Crippen molar-refractivity contribution in [1.29, 1.82) is 0 Å². The summed E-state index contributed by atoms with van der Waals surface area (Å²) in [5.41, 5.74) is 2.33. The largest absolute Gasteiger partial charge is 0.458 e. The van der Waals surface area contributed by atoms with Crippen LogP contribution in [0.5, 0.6) is 0 Å². The maximum atomic E-state index is 13.5. The number of carbonyl (C=O) groups is 1. The van der Waals surface area contributed by atoms with Crippen molar-refractivity contribution in [3.05, 3.63) is 11.1 Å². The molecule has 24 heavy (non-hydrogen) atoms. The van der Waals surface area contributed by atoms with Gasteiger partial charge in [0.05, 0.1) is 0 Å². The number of allylic oxidation sites excluding steroid dienone is 1. The zero-order valence-electron chi connectivity index (χ0n) is 14.3. The number of carbonyl (C=O) groups excluding carboxylic acids is 1. The predicted octanol–water partition coefficient (Wildman–Crippen LogP) is 4.39. The van der Waals surface area contributed by atoms with E-state index in [1.807, 2.05) is 0 Å². The molecule has 0 aromatic heterocycles. The van der Waals surface area contributed by atoms with E-state index >= 15 is 0 Å². The summed E-state index contributed by atoms with van der Waals surface area (Å²) in [6.45, 7) is 3.47. The second kappa shape index (κ2) is 7.48. The van der Waals surface area contributed by atoms with E-state index in [0.29, 0.717) is 19.3 Å². The monoisotopic (exact) mass is 344 g/mol. The summed E-state index contributed by atoms with van der Waals surface area (Å²) in [6, 6.07) is 0. The van der Waals surface area contributed by atoms with Crippen LogP contribution in [0, 0.1) is 17.8 Å². The van der Waals surface area contributed by atoms with Crippen LogP contribution in [0.15, 0.2) is 11.1 Å². The zero-order chi connectivity index (χ0) is 17.3. The van der Waals surface area contributed by atoms with Crippen LogP contribution in [-0.2, 0) is 19.4 Å². The van der Waals surface area contributed by atoms with Gasteiger partial charge in [-0.15, -0.1) is 0 Å². The molecular weight excluding hydrogens is 318 g/mol. The van der Waals surface area contributed by atoms with Crippen molar-refractivity contribution in [2.24, 2.45) is 17.8 Å². The molecule has 6 atom stereocenters. The van der Waals surface area contributed by atoms with Gasteiger partial charge in [-0.05, 0) is 71.9 Å². The molecule has 6 heteroatoms. The Kier molecular flexibility index (Phi) is 5.55. The average Bonchev–Trinajstić information content (AvgIpc) is 2.55. The second-order valence-electron chi connectivity index (χ2n) is 7.59. The third-order valence-corrected chi connectivity index (χ3v) is 6.23. The summed E-state index contributed by atoms with van der Waals surface area (Å²) in [4.78, 5) is 20.2. The quantitative estimate of drug-likeness (QED) is 0.562. The Bertz CT molecular complexity index is 507. The van der Waals surface area contributed by atoms with Gasteiger partial charge in [0, 0.05) is 12.8 Å². The lowest BCUT2D eigenvalue weighted by Gasteiger charge is -2.46. The van der Waals surface area contributed by atoms with Gasteiger partial charge in [0.15, 0.2) is 0 Å². The molecule has 4 nitrogen and oxygen atoms in total. The Hall–Kier alpha value is -1.01. The molecule has 0 heterocycles. The molecule has 0 radical (unpaired) electrons. The molecule has 3 aliphatic rings. The highest BCUT2D eigenvalue weighted by Gasteiger charge is 2.48. The topological polar surface area (TPSA) is 44.8 Å². The van der Waals surface area contributed by atoms with Gasteiger partial charge in [-0.2, -0.15) is 9.88 Å². The summed E-state index contributed by atoms with van der Waals surface area (Å²) in [5, 5.41) is 0. The molecule has 2 bridgehead atoms. The highest BCUT2D eigenvalue weighted by Crippen LogP contribution is 2.48. The number of ether oxygens (including phenoxy) is 1. The van der Waals surface area contributed by atoms with Crippen molar-refractivity contribution in [3.8, 4) is 0 Å². The van der Waals surface area contributed by atoms with Crippen LogP contribution >= 0.6 is 0 Å². The van der Waals surface area contributed by atoms with E-state index in [0.717, 1.165) is 31.3 Å². The first kappa shape index (κ1) is 17.8. The van der Waals surface area contributed by atoms with Crippen molar-refractivity contribution in [2.45, 2.75) is 77.1 Å². The fraction of sp³-hybridized carbons (Fsp3) is 0.833. The Balaban J connectivity index is 1.97. The molecule has 0 N–H and O–H groups in total. The fourth-order valence-electron chi connectivity index (χ4n) is 5.12. The maximum Gasteiger partial charge on any atom is 0.303 e. The average molecular weight is 344 g/mol. The van der Waals surface area contributed by atoms with Gasteiger partial charge >= 0.3 is 5.97 Å². The normalized spacial score (nSPS) is 39.7. The van der Waals surface area contributed by atoms with E-state index in [1.165, 1.54) is 12.5 Å². The predicted molar refractivity (Wildman–Crippen MR) is 83.0 cm³/mol. The van der Waals surface area contributed by atoms with Crippen LogP contribution in [0.1, 0.15) is 58.8 Å².